The van der Waals surface area contributed by atoms with E-state index in [9.17, 15) is 19.5 Å². The Morgan fingerprint density at radius 1 is 1.35 bits per heavy atom. The molecule has 0 amide bonds. The van der Waals surface area contributed by atoms with Gasteiger partial charge in [-0.25, -0.2) is 9.59 Å². The molecule has 1 aliphatic heterocycles. The monoisotopic (exact) mass is 355 g/mol. The minimum Gasteiger partial charge on any atom is -0.508 e. The van der Waals surface area contributed by atoms with Crippen molar-refractivity contribution >= 4 is 11.8 Å². The summed E-state index contributed by atoms with van der Waals surface area (Å²) in [5, 5.41) is 12.7. The molecule has 0 fully saturated rings. The minimum absolute atomic E-state index is 0.0111. The number of benzene rings is 1. The molecule has 0 aliphatic carbocycles. The van der Waals surface area contributed by atoms with E-state index < -0.39 is 23.1 Å². The second-order valence-electron chi connectivity index (χ2n) is 5.78. The van der Waals surface area contributed by atoms with Gasteiger partial charge < -0.3 is 15.2 Å². The van der Waals surface area contributed by atoms with Gasteiger partial charge in [0, 0.05) is 5.70 Å². The lowest BCUT2D eigenvalue weighted by Gasteiger charge is -2.28. The van der Waals surface area contributed by atoms with Crippen LogP contribution in [0.4, 0.5) is 5.82 Å². The second-order valence-corrected chi connectivity index (χ2v) is 5.78. The fourth-order valence-corrected chi connectivity index (χ4v) is 3.01. The summed E-state index contributed by atoms with van der Waals surface area (Å²) in [7, 11) is 0. The highest BCUT2D eigenvalue weighted by Gasteiger charge is 2.36. The summed E-state index contributed by atoms with van der Waals surface area (Å²) in [6.07, 6.45) is 1.44. The predicted molar refractivity (Wildman–Crippen MR) is 95.1 cm³/mol. The molecule has 3 rings (SSSR count). The van der Waals surface area contributed by atoms with Crippen LogP contribution in [-0.4, -0.2) is 27.7 Å². The number of aromatic amines is 2. The third kappa shape index (κ3) is 3.04. The Morgan fingerprint density at radius 2 is 2.12 bits per heavy atom. The number of phenols is 1. The van der Waals surface area contributed by atoms with Crippen molar-refractivity contribution in [3.8, 4) is 5.75 Å². The van der Waals surface area contributed by atoms with Gasteiger partial charge in [0.15, 0.2) is 0 Å². The maximum absolute atomic E-state index is 12.6. The summed E-state index contributed by atoms with van der Waals surface area (Å²) in [4.78, 5) is 41.4. The number of aromatic hydroxyl groups is 1. The molecular formula is C18H17N3O5. The molecule has 1 aromatic carbocycles. The maximum Gasteiger partial charge on any atom is 0.337 e. The lowest BCUT2D eigenvalue weighted by molar-refractivity contribution is -0.138. The van der Waals surface area contributed by atoms with Crippen LogP contribution in [0.3, 0.4) is 0 Å². The first-order chi connectivity index (χ1) is 12.4. The van der Waals surface area contributed by atoms with Gasteiger partial charge in [-0.05, 0) is 24.6 Å². The topological polar surface area (TPSA) is 124 Å². The Kier molecular flexibility index (Phi) is 4.49. The number of hydrogen-bond acceptors (Lipinski definition) is 6. The van der Waals surface area contributed by atoms with Crippen molar-refractivity contribution in [1.29, 1.82) is 0 Å². The highest BCUT2D eigenvalue weighted by atomic mass is 16.5. The number of rotatable bonds is 4. The van der Waals surface area contributed by atoms with Crippen molar-refractivity contribution in [2.45, 2.75) is 12.8 Å². The quantitative estimate of drug-likeness (QED) is 0.484. The third-order valence-electron chi connectivity index (χ3n) is 4.03. The van der Waals surface area contributed by atoms with Crippen LogP contribution >= 0.6 is 0 Å². The van der Waals surface area contributed by atoms with E-state index in [1.807, 2.05) is 0 Å². The zero-order valence-corrected chi connectivity index (χ0v) is 14.0. The van der Waals surface area contributed by atoms with Gasteiger partial charge in [0.1, 0.15) is 18.2 Å². The molecule has 134 valence electrons. The number of aromatic nitrogens is 2. The van der Waals surface area contributed by atoms with Gasteiger partial charge in [-0.15, -0.1) is 0 Å². The van der Waals surface area contributed by atoms with Gasteiger partial charge in [0.2, 0.25) is 0 Å². The molecule has 8 heteroatoms. The number of esters is 1. The van der Waals surface area contributed by atoms with E-state index in [1.54, 1.807) is 19.1 Å². The molecule has 2 aromatic rings. The van der Waals surface area contributed by atoms with Crippen molar-refractivity contribution < 1.29 is 14.6 Å². The zero-order chi connectivity index (χ0) is 18.8. The van der Waals surface area contributed by atoms with E-state index in [-0.39, 0.29) is 29.3 Å². The number of allylic oxidation sites excluding steroid dienone is 1. The van der Waals surface area contributed by atoms with Gasteiger partial charge in [-0.3, -0.25) is 14.8 Å². The van der Waals surface area contributed by atoms with Gasteiger partial charge in [0.05, 0.1) is 17.1 Å². The molecule has 1 aliphatic rings. The molecule has 26 heavy (non-hydrogen) atoms. The lowest BCUT2D eigenvalue weighted by Crippen LogP contribution is -2.35. The Hall–Kier alpha value is -3.55. The minimum atomic E-state index is -0.823. The average molecular weight is 355 g/mol. The zero-order valence-electron chi connectivity index (χ0n) is 14.0. The molecular weight excluding hydrogens is 338 g/mol. The highest BCUT2D eigenvalue weighted by molar-refractivity contribution is 5.94. The predicted octanol–water partition coefficient (Wildman–Crippen LogP) is 1.33. The Bertz CT molecular complexity index is 1030. The first-order valence-corrected chi connectivity index (χ1v) is 7.83. The summed E-state index contributed by atoms with van der Waals surface area (Å²) in [5.74, 6) is -1.26. The molecule has 1 aromatic heterocycles. The van der Waals surface area contributed by atoms with Gasteiger partial charge in [-0.1, -0.05) is 24.8 Å². The summed E-state index contributed by atoms with van der Waals surface area (Å²) in [6, 6.07) is 6.22. The molecule has 0 bridgehead atoms. The maximum atomic E-state index is 12.6. The molecule has 0 spiro atoms. The highest BCUT2D eigenvalue weighted by Crippen LogP contribution is 2.39. The average Bonchev–Trinajstić information content (AvgIpc) is 2.58. The first-order valence-electron chi connectivity index (χ1n) is 7.83. The summed E-state index contributed by atoms with van der Waals surface area (Å²) >= 11 is 0. The Balaban J connectivity index is 2.25. The number of hydrogen-bond donors (Lipinski definition) is 4. The summed E-state index contributed by atoms with van der Waals surface area (Å²) in [6.45, 7) is 5.16. The molecule has 8 nitrogen and oxygen atoms in total. The Morgan fingerprint density at radius 3 is 2.81 bits per heavy atom. The smallest absolute Gasteiger partial charge is 0.337 e. The van der Waals surface area contributed by atoms with Crippen LogP contribution in [0.15, 0.2) is 57.8 Å². The van der Waals surface area contributed by atoms with Crippen LogP contribution in [0, 0.1) is 0 Å². The molecule has 0 saturated carbocycles. The number of H-pyrrole nitrogens is 2. The normalized spacial score (nSPS) is 15.8. The largest absolute Gasteiger partial charge is 0.508 e. The van der Waals surface area contributed by atoms with Gasteiger partial charge in [-0.2, -0.15) is 0 Å². The van der Waals surface area contributed by atoms with Crippen LogP contribution in [0.2, 0.25) is 0 Å². The van der Waals surface area contributed by atoms with E-state index in [2.05, 4.69) is 21.9 Å². The third-order valence-corrected chi connectivity index (χ3v) is 4.03. The second kappa shape index (κ2) is 6.75. The van der Waals surface area contributed by atoms with Crippen LogP contribution in [0.5, 0.6) is 5.75 Å². The fourth-order valence-electron chi connectivity index (χ4n) is 3.01. The molecule has 2 heterocycles. The van der Waals surface area contributed by atoms with E-state index >= 15 is 0 Å². The standard InChI is InChI=1S/C18H17N3O5/c1-3-7-26-17(24)12-9(2)19-15-14(16(23)21-18(25)20-15)13(12)10-5-4-6-11(22)8-10/h3-6,8,13,22H,1,7H2,2H3,(H3,19,20,21,23,25)/t13-/m1/s1. The van der Waals surface area contributed by atoms with Crippen molar-refractivity contribution in [1.82, 2.24) is 9.97 Å². The molecule has 0 unspecified atom stereocenters. The van der Waals surface area contributed by atoms with Gasteiger partial charge in [0.25, 0.3) is 5.56 Å². The van der Waals surface area contributed by atoms with Crippen molar-refractivity contribution in [3.05, 3.63) is 80.2 Å². The number of fused-ring (bicyclic) bond motifs is 1. The van der Waals surface area contributed by atoms with Crippen LogP contribution in [0.1, 0.15) is 24.0 Å². The van der Waals surface area contributed by atoms with Gasteiger partial charge >= 0.3 is 11.7 Å². The van der Waals surface area contributed by atoms with E-state index in [0.29, 0.717) is 11.3 Å². The van der Waals surface area contributed by atoms with E-state index in [0.717, 1.165) is 0 Å². The lowest BCUT2D eigenvalue weighted by atomic mass is 9.82. The van der Waals surface area contributed by atoms with E-state index in [1.165, 1.54) is 18.2 Å². The van der Waals surface area contributed by atoms with Crippen LogP contribution in [0.25, 0.3) is 0 Å². The number of phenolic OH excluding ortho intramolecular Hbond substituents is 1. The van der Waals surface area contributed by atoms with Crippen LogP contribution in [-0.2, 0) is 9.53 Å². The molecule has 0 radical (unpaired) electrons. The number of nitrogens with one attached hydrogen (secondary N) is 3. The molecule has 0 saturated heterocycles. The number of anilines is 1. The fraction of sp³-hybridized carbons (Fsp3) is 0.167. The summed E-state index contributed by atoms with van der Waals surface area (Å²) in [5.41, 5.74) is 0.0118. The van der Waals surface area contributed by atoms with E-state index in [4.69, 9.17) is 4.74 Å². The van der Waals surface area contributed by atoms with Crippen molar-refractivity contribution in [3.63, 3.8) is 0 Å². The number of carbonyl (C=O) groups is 1. The molecule has 4 N–H and O–H groups in total. The number of ether oxygens (including phenoxy) is 1. The Labute approximate surface area is 147 Å². The van der Waals surface area contributed by atoms with Crippen LogP contribution < -0.4 is 16.6 Å². The first kappa shape index (κ1) is 17.3. The summed E-state index contributed by atoms with van der Waals surface area (Å²) < 4.78 is 5.16. The van der Waals surface area contributed by atoms with Crippen molar-refractivity contribution in [2.75, 3.05) is 11.9 Å². The SMILES string of the molecule is C=CCOC(=O)C1=C(C)Nc2[nH]c(=O)[nH]c(=O)c2[C@@H]1c1cccc(O)c1. The van der Waals surface area contributed by atoms with Crippen molar-refractivity contribution in [2.24, 2.45) is 0 Å². The molecule has 1 atom stereocenters. The number of carbonyl (C=O) groups excluding carboxylic acids is 1.